The van der Waals surface area contributed by atoms with E-state index in [0.29, 0.717) is 25.5 Å². The minimum Gasteiger partial charge on any atom is -0.366 e. The molecule has 24 heavy (non-hydrogen) atoms. The molecule has 0 atom stereocenters. The van der Waals surface area contributed by atoms with Crippen LogP contribution in [0.2, 0.25) is 0 Å². The number of rotatable bonds is 5. The molecule has 0 bridgehead atoms. The van der Waals surface area contributed by atoms with Gasteiger partial charge in [-0.25, -0.2) is 13.4 Å². The zero-order chi connectivity index (χ0) is 17.0. The number of aromatic nitrogens is 1. The molecule has 7 heteroatoms. The number of hydrogen-bond donors (Lipinski definition) is 1. The van der Waals surface area contributed by atoms with Gasteiger partial charge in [-0.05, 0) is 42.7 Å². The minimum absolute atomic E-state index is 0.263. The van der Waals surface area contributed by atoms with Gasteiger partial charge in [0.05, 0.1) is 0 Å². The van der Waals surface area contributed by atoms with Crippen LogP contribution in [0.15, 0.2) is 52.0 Å². The summed E-state index contributed by atoms with van der Waals surface area (Å²) < 4.78 is 27.7. The van der Waals surface area contributed by atoms with Gasteiger partial charge in [-0.2, -0.15) is 4.31 Å². The van der Waals surface area contributed by atoms with Gasteiger partial charge in [-0.15, -0.1) is 0 Å². The highest BCUT2D eigenvalue weighted by Gasteiger charge is 2.25. The zero-order valence-corrected chi connectivity index (χ0v) is 15.7. The van der Waals surface area contributed by atoms with Gasteiger partial charge in [0.2, 0.25) is 10.0 Å². The fourth-order valence-corrected chi connectivity index (χ4v) is 4.41. The summed E-state index contributed by atoms with van der Waals surface area (Å²) in [6.07, 6.45) is 4.40. The summed E-state index contributed by atoms with van der Waals surface area (Å²) in [5.74, 6) is 0.663. The van der Waals surface area contributed by atoms with Gasteiger partial charge >= 0.3 is 0 Å². The van der Waals surface area contributed by atoms with Crippen molar-refractivity contribution in [2.24, 2.45) is 0 Å². The molecule has 1 aromatic carbocycles. The van der Waals surface area contributed by atoms with Gasteiger partial charge in [-0.1, -0.05) is 34.5 Å². The molecular formula is C17H20BrN3O2S. The van der Waals surface area contributed by atoms with Gasteiger partial charge in [-0.3, -0.25) is 0 Å². The highest BCUT2D eigenvalue weighted by molar-refractivity contribution is 9.10. The molecule has 1 saturated heterocycles. The lowest BCUT2D eigenvalue weighted by Gasteiger charge is -2.25. The van der Waals surface area contributed by atoms with E-state index in [1.807, 2.05) is 24.3 Å². The number of sulfonamides is 1. The molecular weight excluding hydrogens is 390 g/mol. The summed E-state index contributed by atoms with van der Waals surface area (Å²) in [4.78, 5) is 4.51. The van der Waals surface area contributed by atoms with E-state index in [9.17, 15) is 8.42 Å². The minimum atomic E-state index is -3.41. The molecule has 1 N–H and O–H groups in total. The first-order chi connectivity index (χ1) is 11.6. The Balaban J connectivity index is 1.65. The lowest BCUT2D eigenvalue weighted by atomic mass is 10.2. The molecule has 1 aliphatic heterocycles. The van der Waals surface area contributed by atoms with Crippen molar-refractivity contribution in [1.82, 2.24) is 9.29 Å². The van der Waals surface area contributed by atoms with E-state index in [1.165, 1.54) is 6.20 Å². The molecule has 128 valence electrons. The molecule has 2 aromatic rings. The third-order valence-electron chi connectivity index (χ3n) is 4.08. The van der Waals surface area contributed by atoms with Crippen LogP contribution in [-0.4, -0.2) is 30.8 Å². The summed E-state index contributed by atoms with van der Waals surface area (Å²) in [5, 5.41) is 3.20. The zero-order valence-electron chi connectivity index (χ0n) is 13.3. The van der Waals surface area contributed by atoms with Crippen molar-refractivity contribution >= 4 is 31.8 Å². The number of anilines is 1. The normalized spacial score (nSPS) is 16.0. The van der Waals surface area contributed by atoms with Crippen molar-refractivity contribution in [2.45, 2.75) is 30.7 Å². The lowest BCUT2D eigenvalue weighted by Crippen LogP contribution is -2.35. The standard InChI is InChI=1S/C17H20BrN3O2S/c18-15-6-4-14(5-7-15)12-19-17-9-8-16(13-20-17)24(22,23)21-10-2-1-3-11-21/h4-9,13H,1-3,10-12H2,(H,19,20). The first-order valence-corrected chi connectivity index (χ1v) is 10.2. The van der Waals surface area contributed by atoms with E-state index in [1.54, 1.807) is 16.4 Å². The molecule has 0 aliphatic carbocycles. The van der Waals surface area contributed by atoms with E-state index in [2.05, 4.69) is 26.2 Å². The first-order valence-electron chi connectivity index (χ1n) is 8.00. The number of piperidine rings is 1. The Labute approximate surface area is 151 Å². The van der Waals surface area contributed by atoms with Crippen LogP contribution in [0.3, 0.4) is 0 Å². The molecule has 5 nitrogen and oxygen atoms in total. The summed E-state index contributed by atoms with van der Waals surface area (Å²) >= 11 is 3.41. The Bertz CT molecular complexity index is 770. The predicted octanol–water partition coefficient (Wildman–Crippen LogP) is 3.63. The van der Waals surface area contributed by atoms with Crippen molar-refractivity contribution in [3.8, 4) is 0 Å². The maximum Gasteiger partial charge on any atom is 0.244 e. The van der Waals surface area contributed by atoms with Gasteiger partial charge in [0.25, 0.3) is 0 Å². The van der Waals surface area contributed by atoms with E-state index in [0.717, 1.165) is 29.3 Å². The van der Waals surface area contributed by atoms with Crippen LogP contribution in [0.25, 0.3) is 0 Å². The Morgan fingerprint density at radius 2 is 1.75 bits per heavy atom. The maximum atomic E-state index is 12.6. The van der Waals surface area contributed by atoms with Crippen LogP contribution in [-0.2, 0) is 16.6 Å². The van der Waals surface area contributed by atoms with Crippen molar-refractivity contribution in [2.75, 3.05) is 18.4 Å². The molecule has 0 unspecified atom stereocenters. The van der Waals surface area contributed by atoms with E-state index >= 15 is 0 Å². The highest BCUT2D eigenvalue weighted by atomic mass is 79.9. The molecule has 1 aromatic heterocycles. The van der Waals surface area contributed by atoms with Crippen LogP contribution in [0.4, 0.5) is 5.82 Å². The molecule has 0 saturated carbocycles. The molecule has 0 amide bonds. The van der Waals surface area contributed by atoms with Gasteiger partial charge in [0.1, 0.15) is 10.7 Å². The van der Waals surface area contributed by atoms with Crippen molar-refractivity contribution in [1.29, 1.82) is 0 Å². The van der Waals surface area contributed by atoms with Gasteiger partial charge < -0.3 is 5.32 Å². The summed E-state index contributed by atoms with van der Waals surface area (Å²) in [7, 11) is -3.41. The number of nitrogens with one attached hydrogen (secondary N) is 1. The van der Waals surface area contributed by atoms with E-state index < -0.39 is 10.0 Å². The summed E-state index contributed by atoms with van der Waals surface area (Å²) in [6.45, 7) is 1.84. The quantitative estimate of drug-likeness (QED) is 0.818. The molecule has 1 aliphatic rings. The second kappa shape index (κ2) is 7.63. The highest BCUT2D eigenvalue weighted by Crippen LogP contribution is 2.21. The van der Waals surface area contributed by atoms with Gasteiger partial charge in [0, 0.05) is 30.3 Å². The third kappa shape index (κ3) is 4.15. The molecule has 3 rings (SSSR count). The van der Waals surface area contributed by atoms with Gasteiger partial charge in [0.15, 0.2) is 0 Å². The second-order valence-electron chi connectivity index (χ2n) is 5.82. The largest absolute Gasteiger partial charge is 0.366 e. The van der Waals surface area contributed by atoms with Crippen molar-refractivity contribution < 1.29 is 8.42 Å². The summed E-state index contributed by atoms with van der Waals surface area (Å²) in [5.41, 5.74) is 1.13. The third-order valence-corrected chi connectivity index (χ3v) is 6.49. The van der Waals surface area contributed by atoms with E-state index in [4.69, 9.17) is 0 Å². The summed E-state index contributed by atoms with van der Waals surface area (Å²) in [6, 6.07) is 11.4. The average Bonchev–Trinajstić information content (AvgIpc) is 2.62. The number of benzene rings is 1. The van der Waals surface area contributed by atoms with Crippen molar-refractivity contribution in [3.05, 3.63) is 52.6 Å². The van der Waals surface area contributed by atoms with Crippen LogP contribution in [0, 0.1) is 0 Å². The predicted molar refractivity (Wildman–Crippen MR) is 98.3 cm³/mol. The molecule has 0 radical (unpaired) electrons. The fraction of sp³-hybridized carbons (Fsp3) is 0.353. The Morgan fingerprint density at radius 1 is 1.04 bits per heavy atom. The first kappa shape index (κ1) is 17.4. The lowest BCUT2D eigenvalue weighted by molar-refractivity contribution is 0.346. The monoisotopic (exact) mass is 409 g/mol. The number of hydrogen-bond acceptors (Lipinski definition) is 4. The maximum absolute atomic E-state index is 12.6. The second-order valence-corrected chi connectivity index (χ2v) is 8.68. The van der Waals surface area contributed by atoms with Crippen LogP contribution >= 0.6 is 15.9 Å². The Hall–Kier alpha value is -1.44. The Morgan fingerprint density at radius 3 is 2.38 bits per heavy atom. The van der Waals surface area contributed by atoms with Crippen LogP contribution in [0.1, 0.15) is 24.8 Å². The molecule has 1 fully saturated rings. The van der Waals surface area contributed by atoms with Crippen LogP contribution in [0.5, 0.6) is 0 Å². The number of halogens is 1. The Kier molecular flexibility index (Phi) is 5.53. The SMILES string of the molecule is O=S(=O)(c1ccc(NCc2ccc(Br)cc2)nc1)N1CCCCC1. The molecule has 0 spiro atoms. The smallest absolute Gasteiger partial charge is 0.244 e. The topological polar surface area (TPSA) is 62.3 Å². The number of nitrogens with zero attached hydrogens (tertiary/aromatic N) is 2. The molecule has 2 heterocycles. The fourth-order valence-electron chi connectivity index (χ4n) is 2.69. The van der Waals surface area contributed by atoms with Crippen LogP contribution < -0.4 is 5.32 Å². The van der Waals surface area contributed by atoms with E-state index in [-0.39, 0.29) is 4.90 Å². The number of pyridine rings is 1. The average molecular weight is 410 g/mol. The van der Waals surface area contributed by atoms with Crippen molar-refractivity contribution in [3.63, 3.8) is 0 Å².